The van der Waals surface area contributed by atoms with E-state index in [0.29, 0.717) is 17.0 Å². The largest absolute Gasteiger partial charge is 0.271 e. The third kappa shape index (κ3) is 3.01. The first-order valence-electron chi connectivity index (χ1n) is 5.00. The van der Waals surface area contributed by atoms with E-state index in [-0.39, 0.29) is 11.9 Å². The number of hydrazine groups is 1. The van der Waals surface area contributed by atoms with Crippen LogP contribution < -0.4 is 11.3 Å². The average Bonchev–Trinajstić information content (AvgIpc) is 2.79. The average molecular weight is 272 g/mol. The molecule has 90 valence electrons. The molecule has 1 heterocycles. The lowest BCUT2D eigenvalue weighted by atomic mass is 10.0. The van der Waals surface area contributed by atoms with Crippen LogP contribution in [0, 0.1) is 5.82 Å². The van der Waals surface area contributed by atoms with Crippen LogP contribution in [0.15, 0.2) is 29.8 Å². The van der Waals surface area contributed by atoms with Crippen molar-refractivity contribution in [2.24, 2.45) is 5.84 Å². The van der Waals surface area contributed by atoms with E-state index >= 15 is 0 Å². The number of hydrogen-bond acceptors (Lipinski definition) is 4. The van der Waals surface area contributed by atoms with E-state index in [0.717, 1.165) is 5.01 Å². The molecular weight excluding hydrogens is 261 g/mol. The van der Waals surface area contributed by atoms with Gasteiger partial charge in [0, 0.05) is 28.6 Å². The van der Waals surface area contributed by atoms with E-state index in [4.69, 9.17) is 17.4 Å². The molecule has 0 bridgehead atoms. The summed E-state index contributed by atoms with van der Waals surface area (Å²) < 4.78 is 13.7. The highest BCUT2D eigenvalue weighted by Crippen LogP contribution is 2.23. The second kappa shape index (κ2) is 5.55. The summed E-state index contributed by atoms with van der Waals surface area (Å²) in [6.45, 7) is 0. The first-order valence-corrected chi connectivity index (χ1v) is 6.26. The van der Waals surface area contributed by atoms with E-state index in [1.54, 1.807) is 18.3 Å². The van der Waals surface area contributed by atoms with Crippen molar-refractivity contribution in [3.63, 3.8) is 0 Å². The molecular formula is C11H11ClFN3S. The lowest BCUT2D eigenvalue weighted by Crippen LogP contribution is -2.30. The van der Waals surface area contributed by atoms with Gasteiger partial charge in [0.25, 0.3) is 0 Å². The predicted octanol–water partition coefficient (Wildman–Crippen LogP) is 2.68. The van der Waals surface area contributed by atoms with E-state index in [1.165, 1.54) is 17.4 Å². The minimum Gasteiger partial charge on any atom is -0.271 e. The van der Waals surface area contributed by atoms with Gasteiger partial charge in [0.2, 0.25) is 0 Å². The highest BCUT2D eigenvalue weighted by atomic mass is 35.5. The Bertz CT molecular complexity index is 489. The van der Waals surface area contributed by atoms with Gasteiger partial charge in [-0.25, -0.2) is 9.37 Å². The van der Waals surface area contributed by atoms with E-state index in [1.807, 2.05) is 5.38 Å². The van der Waals surface area contributed by atoms with E-state index in [2.05, 4.69) is 10.4 Å². The highest BCUT2D eigenvalue weighted by Gasteiger charge is 2.16. The third-order valence-corrected chi connectivity index (χ3v) is 3.44. The van der Waals surface area contributed by atoms with Gasteiger partial charge in [-0.1, -0.05) is 17.7 Å². The van der Waals surface area contributed by atoms with E-state index in [9.17, 15) is 4.39 Å². The van der Waals surface area contributed by atoms with Crippen LogP contribution in [0.3, 0.4) is 0 Å². The first kappa shape index (κ1) is 12.4. The van der Waals surface area contributed by atoms with Gasteiger partial charge in [0.05, 0.1) is 11.0 Å². The molecule has 3 nitrogen and oxygen atoms in total. The molecule has 0 spiro atoms. The molecule has 3 N–H and O–H groups in total. The van der Waals surface area contributed by atoms with Gasteiger partial charge < -0.3 is 0 Å². The van der Waals surface area contributed by atoms with Gasteiger partial charge in [-0.2, -0.15) is 0 Å². The van der Waals surface area contributed by atoms with Crippen molar-refractivity contribution >= 4 is 22.9 Å². The monoisotopic (exact) mass is 271 g/mol. The van der Waals surface area contributed by atoms with Crippen LogP contribution in [0.1, 0.15) is 16.6 Å². The zero-order valence-electron chi connectivity index (χ0n) is 8.86. The Balaban J connectivity index is 2.23. The molecule has 1 aromatic carbocycles. The molecule has 6 heteroatoms. The number of nitrogens with zero attached hydrogens (tertiary/aromatic N) is 1. The number of rotatable bonds is 4. The molecule has 2 rings (SSSR count). The van der Waals surface area contributed by atoms with Crippen LogP contribution in [0.25, 0.3) is 0 Å². The molecule has 1 atom stereocenters. The van der Waals surface area contributed by atoms with Gasteiger partial charge in [0.1, 0.15) is 5.82 Å². The summed E-state index contributed by atoms with van der Waals surface area (Å²) in [5.74, 6) is 5.09. The highest BCUT2D eigenvalue weighted by molar-refractivity contribution is 7.09. The van der Waals surface area contributed by atoms with Crippen molar-refractivity contribution < 1.29 is 4.39 Å². The van der Waals surface area contributed by atoms with Crippen molar-refractivity contribution in [3.05, 3.63) is 51.2 Å². The molecule has 0 fully saturated rings. The molecule has 0 radical (unpaired) electrons. The van der Waals surface area contributed by atoms with Gasteiger partial charge in [-0.3, -0.25) is 11.3 Å². The SMILES string of the molecule is NNC(Cc1nccs1)c1ccc(Cl)cc1F. The Morgan fingerprint density at radius 3 is 2.94 bits per heavy atom. The van der Waals surface area contributed by atoms with Crippen LogP contribution >= 0.6 is 22.9 Å². The molecule has 0 saturated heterocycles. The van der Waals surface area contributed by atoms with Gasteiger partial charge >= 0.3 is 0 Å². The maximum absolute atomic E-state index is 13.7. The fourth-order valence-corrected chi connectivity index (χ4v) is 2.39. The Kier molecular flexibility index (Phi) is 4.06. The number of halogens is 2. The van der Waals surface area contributed by atoms with Crippen LogP contribution in [0.5, 0.6) is 0 Å². The fourth-order valence-electron chi connectivity index (χ4n) is 1.57. The van der Waals surface area contributed by atoms with Gasteiger partial charge in [0.15, 0.2) is 0 Å². The number of nitrogens with two attached hydrogens (primary N) is 1. The molecule has 0 aliphatic carbocycles. The number of aromatic nitrogens is 1. The fraction of sp³-hybridized carbons (Fsp3) is 0.182. The van der Waals surface area contributed by atoms with E-state index < -0.39 is 0 Å². The second-order valence-electron chi connectivity index (χ2n) is 3.52. The van der Waals surface area contributed by atoms with Crippen LogP contribution in [-0.4, -0.2) is 4.98 Å². The second-order valence-corrected chi connectivity index (χ2v) is 4.93. The predicted molar refractivity (Wildman–Crippen MR) is 67.3 cm³/mol. The van der Waals surface area contributed by atoms with Gasteiger partial charge in [-0.15, -0.1) is 11.3 Å². The minimum absolute atomic E-state index is 0.307. The molecule has 0 aliphatic heterocycles. The zero-order valence-corrected chi connectivity index (χ0v) is 10.4. The lowest BCUT2D eigenvalue weighted by molar-refractivity contribution is 0.510. The standard InChI is InChI=1S/C11H11ClFN3S/c12-7-1-2-8(9(13)5-7)10(16-14)6-11-15-3-4-17-11/h1-5,10,16H,6,14H2. The first-order chi connectivity index (χ1) is 8.20. The van der Waals surface area contributed by atoms with Crippen molar-refractivity contribution in [3.8, 4) is 0 Å². The van der Waals surface area contributed by atoms with Crippen LogP contribution in [0.4, 0.5) is 4.39 Å². The summed E-state index contributed by atoms with van der Waals surface area (Å²) in [6.07, 6.45) is 2.26. The molecule has 1 aromatic heterocycles. The minimum atomic E-state index is -0.364. The zero-order chi connectivity index (χ0) is 12.3. The summed E-state index contributed by atoms with van der Waals surface area (Å²) in [7, 11) is 0. The Hall–Kier alpha value is -1.01. The molecule has 0 amide bonds. The molecule has 17 heavy (non-hydrogen) atoms. The molecule has 2 aromatic rings. The summed E-state index contributed by atoms with van der Waals surface area (Å²) >= 11 is 7.22. The Labute approximate surface area is 107 Å². The quantitative estimate of drug-likeness (QED) is 0.664. The molecule has 0 saturated carbocycles. The maximum atomic E-state index is 13.7. The summed E-state index contributed by atoms with van der Waals surface area (Å²) in [5.41, 5.74) is 3.09. The topological polar surface area (TPSA) is 50.9 Å². The lowest BCUT2D eigenvalue weighted by Gasteiger charge is -2.15. The van der Waals surface area contributed by atoms with Crippen molar-refractivity contribution in [2.75, 3.05) is 0 Å². The number of hydrogen-bond donors (Lipinski definition) is 2. The van der Waals surface area contributed by atoms with Crippen molar-refractivity contribution in [2.45, 2.75) is 12.5 Å². The summed E-state index contributed by atoms with van der Waals surface area (Å²) in [4.78, 5) is 4.15. The Morgan fingerprint density at radius 2 is 2.35 bits per heavy atom. The van der Waals surface area contributed by atoms with Crippen LogP contribution in [-0.2, 0) is 6.42 Å². The maximum Gasteiger partial charge on any atom is 0.129 e. The number of thiazole rings is 1. The molecule has 0 aliphatic rings. The number of nitrogens with one attached hydrogen (secondary N) is 1. The smallest absolute Gasteiger partial charge is 0.129 e. The Morgan fingerprint density at radius 1 is 1.53 bits per heavy atom. The van der Waals surface area contributed by atoms with Crippen LogP contribution in [0.2, 0.25) is 5.02 Å². The normalized spacial score (nSPS) is 12.6. The summed E-state index contributed by atoms with van der Waals surface area (Å²) in [5, 5.41) is 3.15. The molecule has 1 unspecified atom stereocenters. The van der Waals surface area contributed by atoms with Crippen molar-refractivity contribution in [1.82, 2.24) is 10.4 Å². The number of benzene rings is 1. The summed E-state index contributed by atoms with van der Waals surface area (Å²) in [6, 6.07) is 4.25. The third-order valence-electron chi connectivity index (χ3n) is 2.40. The van der Waals surface area contributed by atoms with Crippen molar-refractivity contribution in [1.29, 1.82) is 0 Å². The van der Waals surface area contributed by atoms with Gasteiger partial charge in [-0.05, 0) is 12.1 Å².